The van der Waals surface area contributed by atoms with Crippen LogP contribution in [0.3, 0.4) is 0 Å². The topological polar surface area (TPSA) is 38.8 Å². The Morgan fingerprint density at radius 2 is 2.24 bits per heavy atom. The van der Waals surface area contributed by atoms with E-state index in [9.17, 15) is 4.79 Å². The lowest BCUT2D eigenvalue weighted by Gasteiger charge is -2.44. The van der Waals surface area contributed by atoms with Gasteiger partial charge in [0, 0.05) is 6.54 Å². The Kier molecular flexibility index (Phi) is 4.20. The number of rotatable bonds is 2. The lowest BCUT2D eigenvalue weighted by Crippen LogP contribution is -2.58. The molecule has 98 valence electrons. The molecule has 4 nitrogen and oxygen atoms in total. The van der Waals surface area contributed by atoms with E-state index in [2.05, 4.69) is 6.58 Å². The molecular weight excluding hydrogens is 218 g/mol. The van der Waals surface area contributed by atoms with Crippen molar-refractivity contribution in [2.45, 2.75) is 45.3 Å². The summed E-state index contributed by atoms with van der Waals surface area (Å²) in [6.07, 6.45) is 2.27. The van der Waals surface area contributed by atoms with E-state index in [1.54, 1.807) is 11.0 Å². The Morgan fingerprint density at radius 1 is 1.59 bits per heavy atom. The van der Waals surface area contributed by atoms with Gasteiger partial charge < -0.3 is 9.47 Å². The molecule has 0 aromatic carbocycles. The van der Waals surface area contributed by atoms with E-state index in [1.165, 1.54) is 0 Å². The van der Waals surface area contributed by atoms with E-state index in [4.69, 9.17) is 9.47 Å². The first-order chi connectivity index (χ1) is 7.84. The zero-order chi connectivity index (χ0) is 13.1. The van der Waals surface area contributed by atoms with E-state index >= 15 is 0 Å². The van der Waals surface area contributed by atoms with Crippen LogP contribution >= 0.6 is 0 Å². The molecule has 1 fully saturated rings. The highest BCUT2D eigenvalue weighted by molar-refractivity contribution is 5.70. The van der Waals surface area contributed by atoms with Crippen LogP contribution in [0.1, 0.15) is 34.1 Å². The van der Waals surface area contributed by atoms with Gasteiger partial charge in [-0.05, 0) is 27.2 Å². The van der Waals surface area contributed by atoms with E-state index < -0.39 is 11.1 Å². The van der Waals surface area contributed by atoms with Crippen LogP contribution in [0.5, 0.6) is 0 Å². The van der Waals surface area contributed by atoms with Gasteiger partial charge >= 0.3 is 6.09 Å². The summed E-state index contributed by atoms with van der Waals surface area (Å²) in [5, 5.41) is 0. The first-order valence-electron chi connectivity index (χ1n) is 6.06. The van der Waals surface area contributed by atoms with Crippen LogP contribution in [0.25, 0.3) is 0 Å². The fourth-order valence-corrected chi connectivity index (χ4v) is 1.90. The summed E-state index contributed by atoms with van der Waals surface area (Å²) in [4.78, 5) is 13.9. The predicted octanol–water partition coefficient (Wildman–Crippen LogP) is 2.59. The van der Waals surface area contributed by atoms with Gasteiger partial charge in [-0.3, -0.25) is 4.90 Å². The van der Waals surface area contributed by atoms with Crippen molar-refractivity contribution in [1.82, 2.24) is 4.90 Å². The van der Waals surface area contributed by atoms with E-state index in [-0.39, 0.29) is 6.09 Å². The maximum absolute atomic E-state index is 12.1. The number of nitrogens with zero attached hydrogens (tertiary/aromatic N) is 1. The minimum atomic E-state index is -0.476. The molecule has 1 heterocycles. The minimum absolute atomic E-state index is 0.289. The first-order valence-corrected chi connectivity index (χ1v) is 6.06. The molecule has 0 N–H and O–H groups in total. The van der Waals surface area contributed by atoms with Gasteiger partial charge in [0.1, 0.15) is 5.60 Å². The summed E-state index contributed by atoms with van der Waals surface area (Å²) < 4.78 is 10.9. The van der Waals surface area contributed by atoms with Gasteiger partial charge in [0.2, 0.25) is 0 Å². The van der Waals surface area contributed by atoms with Crippen LogP contribution in [-0.2, 0) is 9.47 Å². The van der Waals surface area contributed by atoms with Crippen molar-refractivity contribution in [3.05, 3.63) is 12.7 Å². The summed E-state index contributed by atoms with van der Waals surface area (Å²) in [6.45, 7) is 13.0. The quantitative estimate of drug-likeness (QED) is 0.697. The highest BCUT2D eigenvalue weighted by Gasteiger charge is 2.40. The van der Waals surface area contributed by atoms with Gasteiger partial charge in [-0.2, -0.15) is 0 Å². The Bertz CT molecular complexity index is 296. The van der Waals surface area contributed by atoms with Gasteiger partial charge in [-0.1, -0.05) is 13.0 Å². The fraction of sp³-hybridized carbons (Fsp3) is 0.769. The van der Waals surface area contributed by atoms with Crippen LogP contribution in [0.4, 0.5) is 4.79 Å². The molecule has 1 unspecified atom stereocenters. The van der Waals surface area contributed by atoms with Gasteiger partial charge in [0.25, 0.3) is 0 Å². The van der Waals surface area contributed by atoms with Gasteiger partial charge in [0.05, 0.1) is 18.8 Å². The van der Waals surface area contributed by atoms with Crippen molar-refractivity contribution < 1.29 is 14.3 Å². The molecule has 1 atom stereocenters. The molecule has 1 rings (SSSR count). The maximum Gasteiger partial charge on any atom is 0.411 e. The molecular formula is C13H23NO3. The lowest BCUT2D eigenvalue weighted by molar-refractivity contribution is -0.0585. The molecule has 0 radical (unpaired) electrons. The number of hydrogen-bond donors (Lipinski definition) is 0. The van der Waals surface area contributed by atoms with Crippen LogP contribution in [0.2, 0.25) is 0 Å². The van der Waals surface area contributed by atoms with Crippen molar-refractivity contribution in [2.75, 3.05) is 19.8 Å². The number of carbonyl (C=O) groups excluding carboxylic acids is 1. The standard InChI is InChI=1S/C13H23NO3/c1-6-13(7-2)10-16-9-8-14(13)11(15)17-12(3,4)5/h6H,1,7-10H2,2-5H3. The van der Waals surface area contributed by atoms with Crippen LogP contribution in [-0.4, -0.2) is 41.9 Å². The number of carbonyl (C=O) groups is 1. The van der Waals surface area contributed by atoms with Crippen LogP contribution in [0.15, 0.2) is 12.7 Å². The predicted molar refractivity (Wildman–Crippen MR) is 67.0 cm³/mol. The van der Waals surface area contributed by atoms with Gasteiger partial charge in [0.15, 0.2) is 0 Å². The van der Waals surface area contributed by atoms with E-state index in [0.717, 1.165) is 6.42 Å². The second kappa shape index (κ2) is 5.08. The summed E-state index contributed by atoms with van der Waals surface area (Å²) in [5.41, 5.74) is -0.906. The molecule has 0 aliphatic carbocycles. The normalized spacial score (nSPS) is 25.5. The molecule has 0 aromatic rings. The van der Waals surface area contributed by atoms with E-state index in [1.807, 2.05) is 27.7 Å². The molecule has 4 heteroatoms. The summed E-state index contributed by atoms with van der Waals surface area (Å²) in [6, 6.07) is 0. The molecule has 1 aliphatic heterocycles. The largest absolute Gasteiger partial charge is 0.444 e. The smallest absolute Gasteiger partial charge is 0.411 e. The van der Waals surface area contributed by atoms with Crippen molar-refractivity contribution in [3.63, 3.8) is 0 Å². The lowest BCUT2D eigenvalue weighted by atomic mass is 9.94. The van der Waals surface area contributed by atoms with Crippen molar-refractivity contribution in [2.24, 2.45) is 0 Å². The molecule has 0 spiro atoms. The third-order valence-corrected chi connectivity index (χ3v) is 2.95. The maximum atomic E-state index is 12.1. The van der Waals surface area contributed by atoms with Crippen LogP contribution in [0, 0.1) is 0 Å². The fourth-order valence-electron chi connectivity index (χ4n) is 1.90. The second-order valence-corrected chi connectivity index (χ2v) is 5.35. The third-order valence-electron chi connectivity index (χ3n) is 2.95. The summed E-state index contributed by atoms with van der Waals surface area (Å²) in [7, 11) is 0. The van der Waals surface area contributed by atoms with Gasteiger partial charge in [-0.15, -0.1) is 6.58 Å². The van der Waals surface area contributed by atoms with Gasteiger partial charge in [-0.25, -0.2) is 4.79 Å². The van der Waals surface area contributed by atoms with E-state index in [0.29, 0.717) is 19.8 Å². The Labute approximate surface area is 104 Å². The molecule has 17 heavy (non-hydrogen) atoms. The zero-order valence-electron chi connectivity index (χ0n) is 11.3. The first kappa shape index (κ1) is 14.0. The number of hydrogen-bond acceptors (Lipinski definition) is 3. The summed E-state index contributed by atoms with van der Waals surface area (Å²) in [5.74, 6) is 0. The second-order valence-electron chi connectivity index (χ2n) is 5.35. The SMILES string of the molecule is C=CC1(CC)COCCN1C(=O)OC(C)(C)C. The molecule has 0 aromatic heterocycles. The molecule has 0 bridgehead atoms. The number of ether oxygens (including phenoxy) is 2. The molecule has 1 saturated heterocycles. The highest BCUT2D eigenvalue weighted by Crippen LogP contribution is 2.27. The highest BCUT2D eigenvalue weighted by atomic mass is 16.6. The molecule has 0 saturated carbocycles. The zero-order valence-corrected chi connectivity index (χ0v) is 11.3. The third kappa shape index (κ3) is 3.22. The van der Waals surface area contributed by atoms with Crippen molar-refractivity contribution in [3.8, 4) is 0 Å². The average molecular weight is 241 g/mol. The molecule has 1 amide bonds. The average Bonchev–Trinajstić information content (AvgIpc) is 2.26. The van der Waals surface area contributed by atoms with Crippen molar-refractivity contribution >= 4 is 6.09 Å². The monoisotopic (exact) mass is 241 g/mol. The Morgan fingerprint density at radius 3 is 2.71 bits per heavy atom. The Hall–Kier alpha value is -1.03. The van der Waals surface area contributed by atoms with Crippen molar-refractivity contribution in [1.29, 1.82) is 0 Å². The number of amides is 1. The minimum Gasteiger partial charge on any atom is -0.444 e. The summed E-state index contributed by atoms with van der Waals surface area (Å²) >= 11 is 0. The number of morpholine rings is 1. The van der Waals surface area contributed by atoms with Crippen LogP contribution < -0.4 is 0 Å². The Balaban J connectivity index is 2.85. The molecule has 1 aliphatic rings.